The molecule has 27 heavy (non-hydrogen) atoms. The van der Waals surface area contributed by atoms with Gasteiger partial charge in [0.2, 0.25) is 0 Å². The van der Waals surface area contributed by atoms with Crippen LogP contribution in [0.25, 0.3) is 0 Å². The predicted octanol–water partition coefficient (Wildman–Crippen LogP) is 5.85. The normalized spacial score (nSPS) is 17.0. The third-order valence-electron chi connectivity index (χ3n) is 5.82. The molecule has 0 bridgehead atoms. The van der Waals surface area contributed by atoms with E-state index in [1.807, 2.05) is 0 Å². The van der Waals surface area contributed by atoms with Crippen LogP contribution in [0.1, 0.15) is 70.9 Å². The van der Waals surface area contributed by atoms with Crippen LogP contribution in [0.15, 0.2) is 24.3 Å². The second-order valence-corrected chi connectivity index (χ2v) is 10.0. The highest BCUT2D eigenvalue weighted by Crippen LogP contribution is 2.28. The SMILES string of the molecule is CC(C)Cc1cccc(CN(CC2CCCC2)[C@@H](CC(C)C)CN(C)C)c1. The lowest BCUT2D eigenvalue weighted by atomic mass is 9.97. The summed E-state index contributed by atoms with van der Waals surface area (Å²) in [6.07, 6.45) is 8.20. The average Bonchev–Trinajstić information content (AvgIpc) is 3.05. The Morgan fingerprint density at radius 3 is 2.22 bits per heavy atom. The minimum atomic E-state index is 0.648. The van der Waals surface area contributed by atoms with Crippen LogP contribution in [0.2, 0.25) is 0 Å². The van der Waals surface area contributed by atoms with E-state index >= 15 is 0 Å². The van der Waals surface area contributed by atoms with Gasteiger partial charge in [0, 0.05) is 25.7 Å². The van der Waals surface area contributed by atoms with Crippen molar-refractivity contribution in [3.05, 3.63) is 35.4 Å². The molecule has 0 amide bonds. The summed E-state index contributed by atoms with van der Waals surface area (Å²) in [5.41, 5.74) is 3.00. The fraction of sp³-hybridized carbons (Fsp3) is 0.760. The predicted molar refractivity (Wildman–Crippen MR) is 119 cm³/mol. The van der Waals surface area contributed by atoms with Gasteiger partial charge >= 0.3 is 0 Å². The molecule has 0 saturated heterocycles. The van der Waals surface area contributed by atoms with Crippen molar-refractivity contribution in [1.82, 2.24) is 9.80 Å². The molecule has 154 valence electrons. The molecule has 1 atom stereocenters. The van der Waals surface area contributed by atoms with Gasteiger partial charge in [-0.15, -0.1) is 0 Å². The number of nitrogens with zero attached hydrogens (tertiary/aromatic N) is 2. The van der Waals surface area contributed by atoms with Gasteiger partial charge in [0.25, 0.3) is 0 Å². The molecule has 2 rings (SSSR count). The van der Waals surface area contributed by atoms with Crippen molar-refractivity contribution in [2.24, 2.45) is 17.8 Å². The van der Waals surface area contributed by atoms with Crippen molar-refractivity contribution in [2.45, 2.75) is 78.8 Å². The van der Waals surface area contributed by atoms with Crippen LogP contribution in [0.5, 0.6) is 0 Å². The van der Waals surface area contributed by atoms with Crippen molar-refractivity contribution in [3.63, 3.8) is 0 Å². The molecule has 1 aliphatic rings. The van der Waals surface area contributed by atoms with Crippen molar-refractivity contribution in [1.29, 1.82) is 0 Å². The zero-order valence-electron chi connectivity index (χ0n) is 18.9. The standard InChI is InChI=1S/C25H44N2/c1-20(2)14-23-12-9-13-24(16-23)18-27(17-22-10-7-8-11-22)25(15-21(3)4)19-26(5)6/h9,12-13,16,20-22,25H,7-8,10-11,14-15,17-19H2,1-6H3/t25-/m0/s1. The minimum Gasteiger partial charge on any atom is -0.308 e. The summed E-state index contributed by atoms with van der Waals surface area (Å²) in [4.78, 5) is 5.20. The zero-order valence-corrected chi connectivity index (χ0v) is 18.9. The lowest BCUT2D eigenvalue weighted by molar-refractivity contribution is 0.115. The summed E-state index contributed by atoms with van der Waals surface area (Å²) < 4.78 is 0. The Kier molecular flexibility index (Phi) is 9.32. The van der Waals surface area contributed by atoms with Gasteiger partial charge in [-0.2, -0.15) is 0 Å². The zero-order chi connectivity index (χ0) is 19.8. The first-order chi connectivity index (χ1) is 12.8. The lowest BCUT2D eigenvalue weighted by Crippen LogP contribution is -2.44. The molecule has 0 aliphatic heterocycles. The summed E-state index contributed by atoms with van der Waals surface area (Å²) in [7, 11) is 4.45. The molecule has 0 heterocycles. The van der Waals surface area contributed by atoms with E-state index in [9.17, 15) is 0 Å². The van der Waals surface area contributed by atoms with Crippen LogP contribution >= 0.6 is 0 Å². The van der Waals surface area contributed by atoms with Crippen molar-refractivity contribution < 1.29 is 0 Å². The van der Waals surface area contributed by atoms with Gasteiger partial charge in [0.15, 0.2) is 0 Å². The second-order valence-electron chi connectivity index (χ2n) is 10.0. The van der Waals surface area contributed by atoms with E-state index in [0.29, 0.717) is 6.04 Å². The van der Waals surface area contributed by atoms with Crippen LogP contribution in [0.3, 0.4) is 0 Å². The van der Waals surface area contributed by atoms with Crippen LogP contribution in [0.4, 0.5) is 0 Å². The fourth-order valence-electron chi connectivity index (χ4n) is 4.73. The minimum absolute atomic E-state index is 0.648. The average molecular weight is 373 g/mol. The van der Waals surface area contributed by atoms with E-state index < -0.39 is 0 Å². The van der Waals surface area contributed by atoms with Gasteiger partial charge in [-0.1, -0.05) is 64.8 Å². The van der Waals surface area contributed by atoms with E-state index in [1.54, 1.807) is 0 Å². The summed E-state index contributed by atoms with van der Waals surface area (Å²) in [5, 5.41) is 0. The molecule has 0 unspecified atom stereocenters. The first kappa shape index (κ1) is 22.4. The third-order valence-corrected chi connectivity index (χ3v) is 5.82. The molecule has 0 radical (unpaired) electrons. The molecule has 1 saturated carbocycles. The Labute approximate surface area is 169 Å². The Morgan fingerprint density at radius 2 is 1.63 bits per heavy atom. The van der Waals surface area contributed by atoms with E-state index in [1.165, 1.54) is 56.2 Å². The number of hydrogen-bond donors (Lipinski definition) is 0. The molecule has 0 N–H and O–H groups in total. The highest BCUT2D eigenvalue weighted by atomic mass is 15.2. The summed E-state index contributed by atoms with van der Waals surface area (Å²) >= 11 is 0. The first-order valence-electron chi connectivity index (χ1n) is 11.3. The molecule has 1 fully saturated rings. The van der Waals surface area contributed by atoms with Crippen LogP contribution in [0, 0.1) is 17.8 Å². The highest BCUT2D eigenvalue weighted by Gasteiger charge is 2.25. The van der Waals surface area contributed by atoms with Gasteiger partial charge < -0.3 is 4.90 Å². The molecule has 0 spiro atoms. The van der Waals surface area contributed by atoms with Crippen LogP contribution in [-0.4, -0.2) is 43.0 Å². The van der Waals surface area contributed by atoms with Gasteiger partial charge in [0.1, 0.15) is 0 Å². The topological polar surface area (TPSA) is 6.48 Å². The maximum Gasteiger partial charge on any atom is 0.0237 e. The molecular weight excluding hydrogens is 328 g/mol. The summed E-state index contributed by atoms with van der Waals surface area (Å²) in [6.45, 7) is 12.9. The lowest BCUT2D eigenvalue weighted by Gasteiger charge is -2.36. The molecule has 0 aromatic heterocycles. The molecule has 1 aromatic rings. The van der Waals surface area contributed by atoms with Gasteiger partial charge in [-0.05, 0) is 68.7 Å². The third kappa shape index (κ3) is 8.35. The molecular formula is C25H44N2. The maximum atomic E-state index is 2.82. The summed E-state index contributed by atoms with van der Waals surface area (Å²) in [5.74, 6) is 2.37. The van der Waals surface area contributed by atoms with Gasteiger partial charge in [-0.25, -0.2) is 0 Å². The summed E-state index contributed by atoms with van der Waals surface area (Å²) in [6, 6.07) is 10.0. The molecule has 2 heteroatoms. The maximum absolute atomic E-state index is 2.82. The van der Waals surface area contributed by atoms with Gasteiger partial charge in [0.05, 0.1) is 0 Å². The Bertz CT molecular complexity index is 519. The monoisotopic (exact) mass is 372 g/mol. The Hall–Kier alpha value is -0.860. The molecule has 2 nitrogen and oxygen atoms in total. The quantitative estimate of drug-likeness (QED) is 0.480. The number of likely N-dealkylation sites (N-methyl/N-ethyl adjacent to an activating group) is 1. The highest BCUT2D eigenvalue weighted by molar-refractivity contribution is 5.24. The van der Waals surface area contributed by atoms with Crippen molar-refractivity contribution in [3.8, 4) is 0 Å². The van der Waals surface area contributed by atoms with Gasteiger partial charge in [-0.3, -0.25) is 4.90 Å². The molecule has 1 aliphatic carbocycles. The molecule has 1 aromatic carbocycles. The van der Waals surface area contributed by atoms with Crippen molar-refractivity contribution in [2.75, 3.05) is 27.2 Å². The Balaban J connectivity index is 2.16. The van der Waals surface area contributed by atoms with Crippen LogP contribution in [-0.2, 0) is 13.0 Å². The smallest absolute Gasteiger partial charge is 0.0237 e. The van der Waals surface area contributed by atoms with Crippen molar-refractivity contribution >= 4 is 0 Å². The Morgan fingerprint density at radius 1 is 0.963 bits per heavy atom. The fourth-order valence-corrected chi connectivity index (χ4v) is 4.73. The van der Waals surface area contributed by atoms with E-state index in [0.717, 1.165) is 30.8 Å². The number of hydrogen-bond acceptors (Lipinski definition) is 2. The number of benzene rings is 1. The first-order valence-corrected chi connectivity index (χ1v) is 11.3. The number of rotatable bonds is 11. The van der Waals surface area contributed by atoms with E-state index in [-0.39, 0.29) is 0 Å². The van der Waals surface area contributed by atoms with Crippen LogP contribution < -0.4 is 0 Å². The second kappa shape index (κ2) is 11.2. The van der Waals surface area contributed by atoms with E-state index in [4.69, 9.17) is 0 Å². The largest absolute Gasteiger partial charge is 0.308 e. The van der Waals surface area contributed by atoms with E-state index in [2.05, 4.69) is 75.9 Å².